The van der Waals surface area contributed by atoms with Crippen LogP contribution in [0.2, 0.25) is 0 Å². The van der Waals surface area contributed by atoms with E-state index in [4.69, 9.17) is 12.2 Å². The Morgan fingerprint density at radius 2 is 2.23 bits per heavy atom. The Labute approximate surface area is 87.9 Å². The Bertz CT molecular complexity index is 335. The molecular weight excluding hydrogens is 198 g/mol. The zero-order valence-electron chi connectivity index (χ0n) is 7.41. The van der Waals surface area contributed by atoms with E-state index in [1.807, 2.05) is 17.8 Å². The third-order valence-corrected chi connectivity index (χ3v) is 3.67. The van der Waals surface area contributed by atoms with Gasteiger partial charge in [-0.1, -0.05) is 30.4 Å². The van der Waals surface area contributed by atoms with Gasteiger partial charge in [0.2, 0.25) is 0 Å². The van der Waals surface area contributed by atoms with Gasteiger partial charge >= 0.3 is 0 Å². The standard InChI is InChI=1S/C10H11NS2/c1-7-6-13-9-5-3-2-4-8(9)10(12)11-7/h2-5,7H,6H2,1H3,(H,11,12). The van der Waals surface area contributed by atoms with Crippen LogP contribution in [0.5, 0.6) is 0 Å². The highest BCUT2D eigenvalue weighted by atomic mass is 32.2. The number of fused-ring (bicyclic) bond motifs is 1. The molecule has 1 atom stereocenters. The molecule has 68 valence electrons. The number of hydrogen-bond donors (Lipinski definition) is 1. The maximum Gasteiger partial charge on any atom is 0.107 e. The summed E-state index contributed by atoms with van der Waals surface area (Å²) in [4.78, 5) is 2.18. The van der Waals surface area contributed by atoms with Crippen molar-refractivity contribution in [3.63, 3.8) is 0 Å². The Morgan fingerprint density at radius 1 is 1.46 bits per heavy atom. The highest BCUT2D eigenvalue weighted by Crippen LogP contribution is 2.26. The van der Waals surface area contributed by atoms with Crippen molar-refractivity contribution >= 4 is 29.0 Å². The minimum Gasteiger partial charge on any atom is -0.372 e. The van der Waals surface area contributed by atoms with Crippen molar-refractivity contribution in [1.29, 1.82) is 0 Å². The number of benzene rings is 1. The van der Waals surface area contributed by atoms with Crippen LogP contribution in [0.15, 0.2) is 29.2 Å². The zero-order chi connectivity index (χ0) is 9.26. The molecule has 3 heteroatoms. The van der Waals surface area contributed by atoms with Gasteiger partial charge in [0.05, 0.1) is 0 Å². The molecule has 0 fully saturated rings. The molecule has 1 N–H and O–H groups in total. The molecule has 2 rings (SSSR count). The number of thiocarbonyl (C=S) groups is 1. The van der Waals surface area contributed by atoms with Crippen molar-refractivity contribution < 1.29 is 0 Å². The Balaban J connectivity index is 2.40. The average Bonchev–Trinajstić information content (AvgIpc) is 2.27. The number of thioether (sulfide) groups is 1. The van der Waals surface area contributed by atoms with Crippen LogP contribution in [-0.2, 0) is 0 Å². The van der Waals surface area contributed by atoms with Crippen LogP contribution in [0.1, 0.15) is 12.5 Å². The second-order valence-electron chi connectivity index (χ2n) is 3.18. The van der Waals surface area contributed by atoms with Gasteiger partial charge in [-0.2, -0.15) is 0 Å². The van der Waals surface area contributed by atoms with Crippen LogP contribution >= 0.6 is 24.0 Å². The quantitative estimate of drug-likeness (QED) is 0.659. The van der Waals surface area contributed by atoms with Crippen LogP contribution in [0.4, 0.5) is 0 Å². The van der Waals surface area contributed by atoms with E-state index < -0.39 is 0 Å². The lowest BCUT2D eigenvalue weighted by Gasteiger charge is -2.09. The summed E-state index contributed by atoms with van der Waals surface area (Å²) in [5.41, 5.74) is 1.17. The predicted molar refractivity (Wildman–Crippen MR) is 61.5 cm³/mol. The van der Waals surface area contributed by atoms with Gasteiger partial charge in [0.15, 0.2) is 0 Å². The monoisotopic (exact) mass is 209 g/mol. The fourth-order valence-corrected chi connectivity index (χ4v) is 2.80. The molecule has 1 aliphatic heterocycles. The molecular formula is C10H11NS2. The van der Waals surface area contributed by atoms with Crippen molar-refractivity contribution in [2.45, 2.75) is 17.9 Å². The van der Waals surface area contributed by atoms with Crippen molar-refractivity contribution in [3.05, 3.63) is 29.8 Å². The predicted octanol–water partition coefficient (Wildman–Crippen LogP) is 2.45. The van der Waals surface area contributed by atoms with E-state index >= 15 is 0 Å². The largest absolute Gasteiger partial charge is 0.372 e. The van der Waals surface area contributed by atoms with Gasteiger partial charge < -0.3 is 5.32 Å². The van der Waals surface area contributed by atoms with Crippen LogP contribution in [0.3, 0.4) is 0 Å². The van der Waals surface area contributed by atoms with Crippen LogP contribution < -0.4 is 5.32 Å². The number of rotatable bonds is 0. The molecule has 0 saturated heterocycles. The smallest absolute Gasteiger partial charge is 0.107 e. The number of hydrogen-bond acceptors (Lipinski definition) is 2. The highest BCUT2D eigenvalue weighted by molar-refractivity contribution is 7.99. The summed E-state index contributed by atoms with van der Waals surface area (Å²) in [6.07, 6.45) is 0. The Morgan fingerprint density at radius 3 is 3.08 bits per heavy atom. The average molecular weight is 209 g/mol. The van der Waals surface area contributed by atoms with Gasteiger partial charge in [-0.25, -0.2) is 0 Å². The van der Waals surface area contributed by atoms with Crippen molar-refractivity contribution in [3.8, 4) is 0 Å². The lowest BCUT2D eigenvalue weighted by molar-refractivity contribution is 0.755. The molecule has 13 heavy (non-hydrogen) atoms. The van der Waals surface area contributed by atoms with Gasteiger partial charge in [0.25, 0.3) is 0 Å². The molecule has 0 amide bonds. The normalized spacial score (nSPS) is 21.6. The van der Waals surface area contributed by atoms with Crippen molar-refractivity contribution in [2.75, 3.05) is 5.75 Å². The van der Waals surface area contributed by atoms with Crippen LogP contribution in [0, 0.1) is 0 Å². The fourth-order valence-electron chi connectivity index (χ4n) is 1.34. The first-order valence-electron chi connectivity index (χ1n) is 4.30. The molecule has 0 spiro atoms. The molecule has 1 heterocycles. The summed E-state index contributed by atoms with van der Waals surface area (Å²) in [6.45, 7) is 2.16. The second kappa shape index (κ2) is 3.68. The molecule has 0 saturated carbocycles. The summed E-state index contributed by atoms with van der Waals surface area (Å²) in [7, 11) is 0. The van der Waals surface area contributed by atoms with E-state index in [0.29, 0.717) is 6.04 Å². The topological polar surface area (TPSA) is 12.0 Å². The summed E-state index contributed by atoms with van der Waals surface area (Å²) < 4.78 is 0. The highest BCUT2D eigenvalue weighted by Gasteiger charge is 2.15. The fraction of sp³-hybridized carbons (Fsp3) is 0.300. The van der Waals surface area contributed by atoms with E-state index in [0.717, 1.165) is 10.7 Å². The van der Waals surface area contributed by atoms with Crippen LogP contribution in [0.25, 0.3) is 0 Å². The van der Waals surface area contributed by atoms with E-state index in [9.17, 15) is 0 Å². The Kier molecular flexibility index (Phi) is 2.56. The molecule has 0 aliphatic carbocycles. The third-order valence-electron chi connectivity index (χ3n) is 2.00. The molecule has 1 aromatic carbocycles. The van der Waals surface area contributed by atoms with E-state index in [-0.39, 0.29) is 0 Å². The van der Waals surface area contributed by atoms with E-state index in [1.165, 1.54) is 10.5 Å². The zero-order valence-corrected chi connectivity index (χ0v) is 9.04. The molecule has 1 aliphatic rings. The van der Waals surface area contributed by atoms with Crippen molar-refractivity contribution in [2.24, 2.45) is 0 Å². The summed E-state index contributed by atoms with van der Waals surface area (Å²) in [5, 5.41) is 3.31. The first-order chi connectivity index (χ1) is 6.27. The van der Waals surface area contributed by atoms with E-state index in [1.54, 1.807) is 0 Å². The van der Waals surface area contributed by atoms with Gasteiger partial charge in [0.1, 0.15) is 4.99 Å². The third kappa shape index (κ3) is 1.86. The second-order valence-corrected chi connectivity index (χ2v) is 4.65. The minimum absolute atomic E-state index is 0.463. The molecule has 1 aromatic rings. The number of nitrogens with one attached hydrogen (secondary N) is 1. The maximum absolute atomic E-state index is 5.30. The summed E-state index contributed by atoms with van der Waals surface area (Å²) in [5.74, 6) is 1.08. The lowest BCUT2D eigenvalue weighted by atomic mass is 10.2. The first kappa shape index (κ1) is 9.03. The summed E-state index contributed by atoms with van der Waals surface area (Å²) in [6, 6.07) is 8.76. The van der Waals surface area contributed by atoms with Gasteiger partial charge in [0, 0.05) is 22.3 Å². The van der Waals surface area contributed by atoms with Gasteiger partial charge in [-0.05, 0) is 13.0 Å². The van der Waals surface area contributed by atoms with Crippen molar-refractivity contribution in [1.82, 2.24) is 5.32 Å². The molecule has 1 unspecified atom stereocenters. The van der Waals surface area contributed by atoms with Gasteiger partial charge in [-0.15, -0.1) is 11.8 Å². The SMILES string of the molecule is CC1CSc2ccccc2C(=S)N1. The molecule has 0 bridgehead atoms. The maximum atomic E-state index is 5.30. The molecule has 0 aromatic heterocycles. The summed E-state index contributed by atoms with van der Waals surface area (Å²) >= 11 is 7.17. The van der Waals surface area contributed by atoms with Gasteiger partial charge in [-0.3, -0.25) is 0 Å². The minimum atomic E-state index is 0.463. The first-order valence-corrected chi connectivity index (χ1v) is 5.69. The van der Waals surface area contributed by atoms with E-state index in [2.05, 4.69) is 30.4 Å². The Hall–Kier alpha value is -0.540. The lowest BCUT2D eigenvalue weighted by Crippen LogP contribution is -2.31. The van der Waals surface area contributed by atoms with Crippen LogP contribution in [-0.4, -0.2) is 16.8 Å². The molecule has 0 radical (unpaired) electrons. The molecule has 1 nitrogen and oxygen atoms in total.